The molecule has 0 atom stereocenters. The third-order valence-corrected chi connectivity index (χ3v) is 4.28. The second-order valence-electron chi connectivity index (χ2n) is 4.16. The number of rotatable bonds is 12. The van der Waals surface area contributed by atoms with Crippen molar-refractivity contribution in [2.45, 2.75) is 52.4 Å². The Morgan fingerprint density at radius 2 is 1.47 bits per heavy atom. The fourth-order valence-electron chi connectivity index (χ4n) is 1.41. The molecule has 0 aromatic rings. The highest BCUT2D eigenvalue weighted by Crippen LogP contribution is 2.48. The van der Waals surface area contributed by atoms with Gasteiger partial charge in [-0.05, 0) is 12.8 Å². The molecule has 102 valence electrons. The summed E-state index contributed by atoms with van der Waals surface area (Å²) in [5.74, 6) is 0. The fourth-order valence-corrected chi connectivity index (χ4v) is 2.83. The quantitative estimate of drug-likeness (QED) is 0.288. The Kier molecular flexibility index (Phi) is 10.9. The highest BCUT2D eigenvalue weighted by molar-refractivity contribution is 7.54. The maximum absolute atomic E-state index is 12.2. The zero-order valence-electron chi connectivity index (χ0n) is 11.3. The zero-order valence-corrected chi connectivity index (χ0v) is 12.2. The summed E-state index contributed by atoms with van der Waals surface area (Å²) in [4.78, 5) is 0. The van der Waals surface area contributed by atoms with Gasteiger partial charge in [-0.2, -0.15) is 0 Å². The van der Waals surface area contributed by atoms with Crippen molar-refractivity contribution in [3.8, 4) is 0 Å². The van der Waals surface area contributed by atoms with E-state index < -0.39 is 7.60 Å². The first kappa shape index (κ1) is 16.9. The highest BCUT2D eigenvalue weighted by atomic mass is 31.2. The molecule has 0 aliphatic rings. The van der Waals surface area contributed by atoms with E-state index in [1.165, 1.54) is 0 Å². The minimum atomic E-state index is -2.92. The molecule has 0 spiro atoms. The normalized spacial score (nSPS) is 11.6. The van der Waals surface area contributed by atoms with Crippen LogP contribution in [0.15, 0.2) is 12.7 Å². The van der Waals surface area contributed by atoms with E-state index in [4.69, 9.17) is 9.05 Å². The average Bonchev–Trinajstić information content (AvgIpc) is 2.31. The summed E-state index contributed by atoms with van der Waals surface area (Å²) in [5, 5.41) is 0. The molecule has 0 aliphatic carbocycles. The summed E-state index contributed by atoms with van der Waals surface area (Å²) in [6.45, 7) is 8.90. The van der Waals surface area contributed by atoms with Gasteiger partial charge >= 0.3 is 7.60 Å². The minimum Gasteiger partial charge on any atom is -0.308 e. The number of hydrogen-bond donors (Lipinski definition) is 0. The van der Waals surface area contributed by atoms with Crippen LogP contribution in [0.5, 0.6) is 0 Å². The van der Waals surface area contributed by atoms with Gasteiger partial charge in [-0.3, -0.25) is 4.57 Å². The summed E-state index contributed by atoms with van der Waals surface area (Å²) in [7, 11) is -2.92. The molecule has 0 saturated carbocycles. The lowest BCUT2D eigenvalue weighted by atomic mass is 10.3. The Labute approximate surface area is 106 Å². The molecule has 0 saturated heterocycles. The summed E-state index contributed by atoms with van der Waals surface area (Å²) in [6.07, 6.45) is 8.27. The van der Waals surface area contributed by atoms with Gasteiger partial charge in [-0.25, -0.2) is 0 Å². The van der Waals surface area contributed by atoms with Crippen LogP contribution in [0.3, 0.4) is 0 Å². The van der Waals surface area contributed by atoms with Crippen LogP contribution in [0.1, 0.15) is 52.4 Å². The van der Waals surface area contributed by atoms with Gasteiger partial charge in [0.2, 0.25) is 0 Å². The monoisotopic (exact) mass is 262 g/mol. The molecule has 17 heavy (non-hydrogen) atoms. The summed E-state index contributed by atoms with van der Waals surface area (Å²) in [6, 6.07) is 0. The van der Waals surface area contributed by atoms with Crippen LogP contribution < -0.4 is 0 Å². The van der Waals surface area contributed by atoms with Crippen LogP contribution >= 0.6 is 7.60 Å². The fraction of sp³-hybridized carbons (Fsp3) is 0.846. The molecule has 3 nitrogen and oxygen atoms in total. The Balaban J connectivity index is 3.89. The summed E-state index contributed by atoms with van der Waals surface area (Å²) >= 11 is 0. The first-order chi connectivity index (χ1) is 8.18. The maximum Gasteiger partial charge on any atom is 0.334 e. The lowest BCUT2D eigenvalue weighted by Gasteiger charge is -2.17. The van der Waals surface area contributed by atoms with Crippen LogP contribution in [0, 0.1) is 0 Å². The van der Waals surface area contributed by atoms with Crippen molar-refractivity contribution < 1.29 is 13.6 Å². The van der Waals surface area contributed by atoms with Crippen molar-refractivity contribution in [1.82, 2.24) is 0 Å². The van der Waals surface area contributed by atoms with E-state index in [2.05, 4.69) is 20.4 Å². The van der Waals surface area contributed by atoms with E-state index in [1.807, 2.05) is 0 Å². The van der Waals surface area contributed by atoms with Gasteiger partial charge in [0.15, 0.2) is 0 Å². The van der Waals surface area contributed by atoms with Crippen molar-refractivity contribution in [1.29, 1.82) is 0 Å². The number of allylic oxidation sites excluding steroid dienone is 1. The molecule has 0 heterocycles. The molecule has 0 radical (unpaired) electrons. The van der Waals surface area contributed by atoms with Gasteiger partial charge in [0, 0.05) is 0 Å². The van der Waals surface area contributed by atoms with Gasteiger partial charge in [0.05, 0.1) is 19.4 Å². The molecule has 0 aromatic carbocycles. The molecular formula is C13H27O3P. The van der Waals surface area contributed by atoms with Gasteiger partial charge in [-0.15, -0.1) is 6.58 Å². The van der Waals surface area contributed by atoms with E-state index in [0.717, 1.165) is 38.5 Å². The molecule has 4 heteroatoms. The van der Waals surface area contributed by atoms with Crippen molar-refractivity contribution >= 4 is 7.60 Å². The van der Waals surface area contributed by atoms with Crippen LogP contribution in [0.2, 0.25) is 0 Å². The SMILES string of the molecule is C=CCP(=O)(OCCCCC)OCCCCC. The molecule has 0 unspecified atom stereocenters. The van der Waals surface area contributed by atoms with E-state index >= 15 is 0 Å². The molecule has 0 N–H and O–H groups in total. The Morgan fingerprint density at radius 1 is 1.00 bits per heavy atom. The molecule has 0 aliphatic heterocycles. The third kappa shape index (κ3) is 9.58. The largest absolute Gasteiger partial charge is 0.334 e. The molecular weight excluding hydrogens is 235 g/mol. The minimum absolute atomic E-state index is 0.311. The van der Waals surface area contributed by atoms with Gasteiger partial charge in [0.1, 0.15) is 0 Å². The lowest BCUT2D eigenvalue weighted by Crippen LogP contribution is -2.02. The molecule has 0 rings (SSSR count). The third-order valence-electron chi connectivity index (χ3n) is 2.42. The standard InChI is InChI=1S/C13H27O3P/c1-4-7-9-11-15-17(14,13-6-3)16-12-10-8-5-2/h6H,3-5,7-13H2,1-2H3. The van der Waals surface area contributed by atoms with E-state index in [-0.39, 0.29) is 0 Å². The van der Waals surface area contributed by atoms with Gasteiger partial charge in [-0.1, -0.05) is 45.6 Å². The topological polar surface area (TPSA) is 35.5 Å². The molecule has 0 amide bonds. The van der Waals surface area contributed by atoms with Crippen molar-refractivity contribution in [2.75, 3.05) is 19.4 Å². The predicted molar refractivity (Wildman–Crippen MR) is 73.6 cm³/mol. The van der Waals surface area contributed by atoms with Crippen LogP contribution in [0.25, 0.3) is 0 Å². The Hall–Kier alpha value is -0.110. The van der Waals surface area contributed by atoms with Gasteiger partial charge < -0.3 is 9.05 Å². The molecule has 0 aromatic heterocycles. The average molecular weight is 262 g/mol. The Morgan fingerprint density at radius 3 is 1.82 bits per heavy atom. The highest BCUT2D eigenvalue weighted by Gasteiger charge is 2.22. The van der Waals surface area contributed by atoms with Crippen molar-refractivity contribution in [3.63, 3.8) is 0 Å². The second-order valence-corrected chi connectivity index (χ2v) is 6.27. The second kappa shape index (κ2) is 11.0. The van der Waals surface area contributed by atoms with Crippen LogP contribution in [0.4, 0.5) is 0 Å². The zero-order chi connectivity index (χ0) is 13.0. The van der Waals surface area contributed by atoms with Gasteiger partial charge in [0.25, 0.3) is 0 Å². The lowest BCUT2D eigenvalue weighted by molar-refractivity contribution is 0.200. The maximum atomic E-state index is 12.2. The Bertz CT molecular complexity index is 213. The van der Waals surface area contributed by atoms with Crippen LogP contribution in [-0.4, -0.2) is 19.4 Å². The van der Waals surface area contributed by atoms with Crippen molar-refractivity contribution in [2.24, 2.45) is 0 Å². The predicted octanol–water partition coefficient (Wildman–Crippen LogP) is 4.78. The summed E-state index contributed by atoms with van der Waals surface area (Å²) < 4.78 is 23.1. The van der Waals surface area contributed by atoms with Crippen LogP contribution in [-0.2, 0) is 13.6 Å². The van der Waals surface area contributed by atoms with E-state index in [9.17, 15) is 4.57 Å². The molecule has 0 fully saturated rings. The summed E-state index contributed by atoms with van der Waals surface area (Å²) in [5.41, 5.74) is 0. The molecule has 0 bridgehead atoms. The van der Waals surface area contributed by atoms with E-state index in [1.54, 1.807) is 6.08 Å². The first-order valence-corrected chi connectivity index (χ1v) is 8.40. The van der Waals surface area contributed by atoms with Crippen molar-refractivity contribution in [3.05, 3.63) is 12.7 Å². The number of hydrogen-bond acceptors (Lipinski definition) is 3. The van der Waals surface area contributed by atoms with E-state index in [0.29, 0.717) is 19.4 Å². The number of unbranched alkanes of at least 4 members (excludes halogenated alkanes) is 4. The first-order valence-electron chi connectivity index (χ1n) is 6.67. The smallest absolute Gasteiger partial charge is 0.308 e.